The van der Waals surface area contributed by atoms with Crippen LogP contribution in [0.25, 0.3) is 0 Å². The molecule has 0 aromatic heterocycles. The molecule has 1 aromatic rings. The van der Waals surface area contributed by atoms with Crippen molar-refractivity contribution in [2.45, 2.75) is 31.5 Å². The minimum Gasteiger partial charge on any atom is -0.486 e. The predicted molar refractivity (Wildman–Crippen MR) is 61.8 cm³/mol. The molecular formula is C13H17NO2. The van der Waals surface area contributed by atoms with Crippen molar-refractivity contribution in [2.24, 2.45) is 0 Å². The summed E-state index contributed by atoms with van der Waals surface area (Å²) in [6.45, 7) is 1.38. The zero-order valence-electron chi connectivity index (χ0n) is 9.28. The molecule has 0 bridgehead atoms. The summed E-state index contributed by atoms with van der Waals surface area (Å²) in [5.41, 5.74) is 2.76. The SMILES string of the molecule is O[C@@H]1CNC[C@H]1Oc1cccc2c1CCC2. The van der Waals surface area contributed by atoms with Gasteiger partial charge in [-0.15, -0.1) is 0 Å². The summed E-state index contributed by atoms with van der Waals surface area (Å²) in [5.74, 6) is 0.975. The van der Waals surface area contributed by atoms with Gasteiger partial charge >= 0.3 is 0 Å². The average Bonchev–Trinajstić information content (AvgIpc) is 2.89. The number of aliphatic hydroxyl groups is 1. The fourth-order valence-corrected chi connectivity index (χ4v) is 2.62. The Balaban J connectivity index is 1.82. The Morgan fingerprint density at radius 1 is 1.25 bits per heavy atom. The number of hydrogen-bond acceptors (Lipinski definition) is 3. The molecule has 1 aliphatic carbocycles. The third-order valence-corrected chi connectivity index (χ3v) is 3.51. The van der Waals surface area contributed by atoms with Crippen molar-refractivity contribution in [3.05, 3.63) is 29.3 Å². The second-order valence-corrected chi connectivity index (χ2v) is 4.63. The van der Waals surface area contributed by atoms with Gasteiger partial charge in [0.05, 0.1) is 0 Å². The lowest BCUT2D eigenvalue weighted by molar-refractivity contribution is 0.0732. The number of aryl methyl sites for hydroxylation is 1. The summed E-state index contributed by atoms with van der Waals surface area (Å²) in [7, 11) is 0. The largest absolute Gasteiger partial charge is 0.486 e. The van der Waals surface area contributed by atoms with Crippen molar-refractivity contribution >= 4 is 0 Å². The van der Waals surface area contributed by atoms with Crippen LogP contribution in [0, 0.1) is 0 Å². The van der Waals surface area contributed by atoms with E-state index in [1.807, 2.05) is 12.1 Å². The quantitative estimate of drug-likeness (QED) is 0.776. The molecule has 3 rings (SSSR count). The van der Waals surface area contributed by atoms with Crippen molar-refractivity contribution in [3.8, 4) is 5.75 Å². The molecule has 0 amide bonds. The number of fused-ring (bicyclic) bond motifs is 1. The Kier molecular flexibility index (Phi) is 2.58. The summed E-state index contributed by atoms with van der Waals surface area (Å²) < 4.78 is 5.92. The van der Waals surface area contributed by atoms with Crippen LogP contribution in [-0.4, -0.2) is 30.4 Å². The van der Waals surface area contributed by atoms with Crippen LogP contribution >= 0.6 is 0 Å². The van der Waals surface area contributed by atoms with Crippen molar-refractivity contribution in [1.82, 2.24) is 5.32 Å². The van der Waals surface area contributed by atoms with Crippen LogP contribution < -0.4 is 10.1 Å². The Labute approximate surface area is 95.4 Å². The van der Waals surface area contributed by atoms with Gasteiger partial charge in [-0.1, -0.05) is 12.1 Å². The van der Waals surface area contributed by atoms with E-state index in [9.17, 15) is 5.11 Å². The molecule has 3 heteroatoms. The Bertz CT molecular complexity index is 392. The molecule has 1 aromatic carbocycles. The standard InChI is InChI=1S/C13H17NO2/c15-11-7-14-8-13(11)16-12-6-2-4-9-3-1-5-10(9)12/h2,4,6,11,13-15H,1,3,5,7-8H2/t11-,13-/m1/s1. The van der Waals surface area contributed by atoms with Gasteiger partial charge in [-0.3, -0.25) is 0 Å². The maximum atomic E-state index is 9.71. The van der Waals surface area contributed by atoms with E-state index in [4.69, 9.17) is 4.74 Å². The monoisotopic (exact) mass is 219 g/mol. The lowest BCUT2D eigenvalue weighted by Crippen LogP contribution is -2.30. The third-order valence-electron chi connectivity index (χ3n) is 3.51. The van der Waals surface area contributed by atoms with Crippen LogP contribution in [0.2, 0.25) is 0 Å². The maximum Gasteiger partial charge on any atom is 0.138 e. The molecule has 0 radical (unpaired) electrons. The second kappa shape index (κ2) is 4.07. The first-order valence-corrected chi connectivity index (χ1v) is 6.01. The highest BCUT2D eigenvalue weighted by Gasteiger charge is 2.28. The first-order valence-electron chi connectivity index (χ1n) is 6.01. The normalized spacial score (nSPS) is 28.1. The number of rotatable bonds is 2. The van der Waals surface area contributed by atoms with E-state index in [-0.39, 0.29) is 12.2 Å². The number of β-amino-alcohol motifs (C(OH)–C–C–N with tert-alkyl or cyclic N) is 1. The van der Waals surface area contributed by atoms with Gasteiger partial charge in [-0.25, -0.2) is 0 Å². The molecule has 0 unspecified atom stereocenters. The molecular weight excluding hydrogens is 202 g/mol. The summed E-state index contributed by atoms with van der Waals surface area (Å²) in [5, 5.41) is 12.8. The molecule has 2 atom stereocenters. The number of aliphatic hydroxyl groups excluding tert-OH is 1. The van der Waals surface area contributed by atoms with Crippen LogP contribution in [0.15, 0.2) is 18.2 Å². The fourth-order valence-electron chi connectivity index (χ4n) is 2.62. The lowest BCUT2D eigenvalue weighted by Gasteiger charge is -2.18. The van der Waals surface area contributed by atoms with Gasteiger partial charge in [0, 0.05) is 13.1 Å². The number of benzene rings is 1. The predicted octanol–water partition coefficient (Wildman–Crippen LogP) is 0.887. The van der Waals surface area contributed by atoms with E-state index >= 15 is 0 Å². The molecule has 2 N–H and O–H groups in total. The van der Waals surface area contributed by atoms with Gasteiger partial charge in [-0.2, -0.15) is 0 Å². The Morgan fingerprint density at radius 3 is 3.00 bits per heavy atom. The average molecular weight is 219 g/mol. The zero-order chi connectivity index (χ0) is 11.0. The zero-order valence-corrected chi connectivity index (χ0v) is 9.28. The van der Waals surface area contributed by atoms with Crippen molar-refractivity contribution in [2.75, 3.05) is 13.1 Å². The van der Waals surface area contributed by atoms with E-state index in [0.717, 1.165) is 25.1 Å². The second-order valence-electron chi connectivity index (χ2n) is 4.63. The molecule has 1 fully saturated rings. The van der Waals surface area contributed by atoms with E-state index in [1.54, 1.807) is 0 Å². The summed E-state index contributed by atoms with van der Waals surface area (Å²) in [4.78, 5) is 0. The van der Waals surface area contributed by atoms with Crippen molar-refractivity contribution < 1.29 is 9.84 Å². The van der Waals surface area contributed by atoms with Gasteiger partial charge < -0.3 is 15.2 Å². The van der Waals surface area contributed by atoms with Crippen LogP contribution in [0.3, 0.4) is 0 Å². The fraction of sp³-hybridized carbons (Fsp3) is 0.538. The molecule has 2 aliphatic rings. The highest BCUT2D eigenvalue weighted by molar-refractivity contribution is 5.43. The first-order chi connectivity index (χ1) is 7.84. The molecule has 0 saturated carbocycles. The topological polar surface area (TPSA) is 41.5 Å². The van der Waals surface area contributed by atoms with Gasteiger partial charge in [0.2, 0.25) is 0 Å². The number of nitrogens with one attached hydrogen (secondary N) is 1. The molecule has 1 aliphatic heterocycles. The van der Waals surface area contributed by atoms with Crippen LogP contribution in [-0.2, 0) is 12.8 Å². The Morgan fingerprint density at radius 2 is 2.19 bits per heavy atom. The molecule has 1 saturated heterocycles. The van der Waals surface area contributed by atoms with Crippen molar-refractivity contribution in [3.63, 3.8) is 0 Å². The van der Waals surface area contributed by atoms with Crippen LogP contribution in [0.4, 0.5) is 0 Å². The highest BCUT2D eigenvalue weighted by Crippen LogP contribution is 2.31. The molecule has 1 heterocycles. The summed E-state index contributed by atoms with van der Waals surface area (Å²) in [6, 6.07) is 6.25. The Hall–Kier alpha value is -1.06. The third kappa shape index (κ3) is 1.70. The number of ether oxygens (including phenoxy) is 1. The minimum atomic E-state index is -0.378. The summed E-state index contributed by atoms with van der Waals surface area (Å²) >= 11 is 0. The van der Waals surface area contributed by atoms with Gasteiger partial charge in [0.1, 0.15) is 18.0 Å². The highest BCUT2D eigenvalue weighted by atomic mass is 16.5. The van der Waals surface area contributed by atoms with Gasteiger partial charge in [0.25, 0.3) is 0 Å². The van der Waals surface area contributed by atoms with E-state index < -0.39 is 0 Å². The smallest absolute Gasteiger partial charge is 0.138 e. The molecule has 0 spiro atoms. The van der Waals surface area contributed by atoms with Gasteiger partial charge in [0.15, 0.2) is 0 Å². The lowest BCUT2D eigenvalue weighted by atomic mass is 10.1. The molecule has 86 valence electrons. The van der Waals surface area contributed by atoms with Crippen LogP contribution in [0.5, 0.6) is 5.75 Å². The maximum absolute atomic E-state index is 9.71. The summed E-state index contributed by atoms with van der Waals surface area (Å²) in [6.07, 6.45) is 3.03. The molecule has 3 nitrogen and oxygen atoms in total. The van der Waals surface area contributed by atoms with E-state index in [0.29, 0.717) is 6.54 Å². The van der Waals surface area contributed by atoms with Crippen molar-refractivity contribution in [1.29, 1.82) is 0 Å². The minimum absolute atomic E-state index is 0.0906. The molecule has 16 heavy (non-hydrogen) atoms. The van der Waals surface area contributed by atoms with E-state index in [2.05, 4.69) is 11.4 Å². The first kappa shape index (κ1) is 10.1. The number of hydrogen-bond donors (Lipinski definition) is 2. The van der Waals surface area contributed by atoms with E-state index in [1.165, 1.54) is 17.5 Å². The van der Waals surface area contributed by atoms with Crippen LogP contribution in [0.1, 0.15) is 17.5 Å². The van der Waals surface area contributed by atoms with Gasteiger partial charge in [-0.05, 0) is 36.5 Å².